The smallest absolute Gasteiger partial charge is 0.123 e. The van der Waals surface area contributed by atoms with Crippen LogP contribution in [-0.2, 0) is 0 Å². The average molecular weight is 281 g/mol. The van der Waals surface area contributed by atoms with Gasteiger partial charge in [0, 0.05) is 11.6 Å². The topological polar surface area (TPSA) is 49.9 Å². The lowest BCUT2D eigenvalue weighted by Gasteiger charge is -2.02. The van der Waals surface area contributed by atoms with Gasteiger partial charge in [0.25, 0.3) is 0 Å². The highest BCUT2D eigenvalue weighted by atomic mass is 19.1. The molecule has 5 heteroatoms. The summed E-state index contributed by atoms with van der Waals surface area (Å²) in [4.78, 5) is 0. The van der Waals surface area contributed by atoms with Gasteiger partial charge in [-0.2, -0.15) is 14.9 Å². The van der Waals surface area contributed by atoms with Crippen molar-refractivity contribution in [2.75, 3.05) is 0 Å². The van der Waals surface area contributed by atoms with Crippen LogP contribution < -0.4 is 5.36 Å². The van der Waals surface area contributed by atoms with Crippen molar-refractivity contribution in [1.82, 2.24) is 4.73 Å². The molecule has 3 rings (SSSR count). The fourth-order valence-corrected chi connectivity index (χ4v) is 2.00. The molecule has 104 valence electrons. The Morgan fingerprint density at radius 3 is 2.57 bits per heavy atom. The predicted octanol–water partition coefficient (Wildman–Crippen LogP) is 2.95. The Morgan fingerprint density at radius 1 is 1.00 bits per heavy atom. The number of rotatable bonds is 2. The van der Waals surface area contributed by atoms with Gasteiger partial charge in [-0.1, -0.05) is 30.3 Å². The van der Waals surface area contributed by atoms with E-state index in [4.69, 9.17) is 0 Å². The van der Waals surface area contributed by atoms with Gasteiger partial charge in [-0.15, -0.1) is 0 Å². The standard InChI is InChI=1S/C16H12FN3O/c17-13-7-5-12(6-8-13)11-18-19-15-9-10-20(21)16-4-2-1-3-14(15)16/h1-11,21H/b18-11-,19-15?. The van der Waals surface area contributed by atoms with Gasteiger partial charge in [-0.25, -0.2) is 4.39 Å². The van der Waals surface area contributed by atoms with Gasteiger partial charge >= 0.3 is 0 Å². The molecule has 1 aromatic heterocycles. The molecule has 21 heavy (non-hydrogen) atoms. The van der Waals surface area contributed by atoms with E-state index in [0.29, 0.717) is 10.9 Å². The van der Waals surface area contributed by atoms with Gasteiger partial charge in [0.05, 0.1) is 17.1 Å². The van der Waals surface area contributed by atoms with E-state index >= 15 is 0 Å². The molecule has 0 unspecified atom stereocenters. The molecule has 1 N–H and O–H groups in total. The lowest BCUT2D eigenvalue weighted by Crippen LogP contribution is -2.07. The summed E-state index contributed by atoms with van der Waals surface area (Å²) in [6.45, 7) is 0. The Morgan fingerprint density at radius 2 is 1.76 bits per heavy atom. The SMILES string of the molecule is On1ccc(=N/N=C\c2ccc(F)cc2)c2ccccc21. The first-order valence-electron chi connectivity index (χ1n) is 6.36. The van der Waals surface area contributed by atoms with Crippen LogP contribution in [0.25, 0.3) is 10.9 Å². The highest BCUT2D eigenvalue weighted by Crippen LogP contribution is 2.07. The number of halogens is 1. The summed E-state index contributed by atoms with van der Waals surface area (Å²) < 4.78 is 13.8. The molecule has 0 radical (unpaired) electrons. The number of para-hydroxylation sites is 1. The Kier molecular flexibility index (Phi) is 3.47. The van der Waals surface area contributed by atoms with Crippen molar-refractivity contribution in [2.45, 2.75) is 0 Å². The minimum atomic E-state index is -0.286. The van der Waals surface area contributed by atoms with E-state index in [1.54, 1.807) is 30.5 Å². The predicted molar refractivity (Wildman–Crippen MR) is 78.7 cm³/mol. The lowest BCUT2D eigenvalue weighted by molar-refractivity contribution is 0.198. The highest BCUT2D eigenvalue weighted by molar-refractivity contribution is 5.80. The van der Waals surface area contributed by atoms with Crippen LogP contribution in [0.1, 0.15) is 5.56 Å². The Balaban J connectivity index is 2.00. The third-order valence-corrected chi connectivity index (χ3v) is 3.04. The van der Waals surface area contributed by atoms with Crippen molar-refractivity contribution in [3.8, 4) is 0 Å². The molecule has 0 aliphatic heterocycles. The average Bonchev–Trinajstić information content (AvgIpc) is 2.52. The van der Waals surface area contributed by atoms with Gasteiger partial charge in [0.1, 0.15) is 5.82 Å². The van der Waals surface area contributed by atoms with E-state index in [1.807, 2.05) is 18.2 Å². The molecule has 0 bridgehead atoms. The number of benzene rings is 2. The van der Waals surface area contributed by atoms with Crippen LogP contribution in [0.3, 0.4) is 0 Å². The summed E-state index contributed by atoms with van der Waals surface area (Å²) in [5.74, 6) is -0.286. The maximum absolute atomic E-state index is 12.8. The van der Waals surface area contributed by atoms with Gasteiger partial charge < -0.3 is 5.21 Å². The highest BCUT2D eigenvalue weighted by Gasteiger charge is 1.98. The number of aromatic nitrogens is 1. The van der Waals surface area contributed by atoms with Crippen LogP contribution in [0.5, 0.6) is 0 Å². The zero-order chi connectivity index (χ0) is 14.7. The van der Waals surface area contributed by atoms with Crippen molar-refractivity contribution in [3.05, 3.63) is 77.5 Å². The number of fused-ring (bicyclic) bond motifs is 1. The maximum atomic E-state index is 12.8. The largest absolute Gasteiger partial charge is 0.428 e. The van der Waals surface area contributed by atoms with Crippen LogP contribution in [0.2, 0.25) is 0 Å². The molecule has 0 spiro atoms. The first-order valence-corrected chi connectivity index (χ1v) is 6.36. The number of hydrogen-bond donors (Lipinski definition) is 1. The molecule has 0 amide bonds. The first kappa shape index (κ1) is 13.1. The lowest BCUT2D eigenvalue weighted by atomic mass is 10.2. The quantitative estimate of drug-likeness (QED) is 0.438. The Labute approximate surface area is 120 Å². The zero-order valence-corrected chi connectivity index (χ0v) is 11.0. The van der Waals surface area contributed by atoms with E-state index < -0.39 is 0 Å². The molecule has 0 saturated carbocycles. The van der Waals surface area contributed by atoms with Crippen molar-refractivity contribution in [2.24, 2.45) is 10.2 Å². The molecule has 0 atom stereocenters. The Bertz CT molecular complexity index is 867. The van der Waals surface area contributed by atoms with E-state index in [1.165, 1.54) is 18.3 Å². The molecular weight excluding hydrogens is 269 g/mol. The number of pyridine rings is 1. The molecule has 0 fully saturated rings. The van der Waals surface area contributed by atoms with Gasteiger partial charge in [-0.05, 0) is 29.8 Å². The normalized spacial score (nSPS) is 12.3. The van der Waals surface area contributed by atoms with Gasteiger partial charge in [-0.3, -0.25) is 0 Å². The van der Waals surface area contributed by atoms with Gasteiger partial charge in [0.15, 0.2) is 0 Å². The molecule has 3 aromatic rings. The van der Waals surface area contributed by atoms with Crippen LogP contribution in [0, 0.1) is 5.82 Å². The first-order chi connectivity index (χ1) is 10.2. The van der Waals surface area contributed by atoms with Crippen LogP contribution in [0.15, 0.2) is 71.0 Å². The van der Waals surface area contributed by atoms with Crippen LogP contribution >= 0.6 is 0 Å². The number of nitrogens with zero attached hydrogens (tertiary/aromatic N) is 3. The fraction of sp³-hybridized carbons (Fsp3) is 0. The zero-order valence-electron chi connectivity index (χ0n) is 11.0. The molecule has 4 nitrogen and oxygen atoms in total. The second-order valence-corrected chi connectivity index (χ2v) is 4.46. The monoisotopic (exact) mass is 281 g/mol. The molecule has 0 saturated heterocycles. The molecule has 1 heterocycles. The van der Waals surface area contributed by atoms with E-state index in [0.717, 1.165) is 15.7 Å². The molecule has 0 aliphatic rings. The minimum Gasteiger partial charge on any atom is -0.428 e. The number of hydrogen-bond acceptors (Lipinski definition) is 3. The summed E-state index contributed by atoms with van der Waals surface area (Å²) in [5, 5.41) is 19.3. The second kappa shape index (κ2) is 5.58. The summed E-state index contributed by atoms with van der Waals surface area (Å²) in [7, 11) is 0. The molecular formula is C16H12FN3O. The van der Waals surface area contributed by atoms with Crippen molar-refractivity contribution in [3.63, 3.8) is 0 Å². The second-order valence-electron chi connectivity index (χ2n) is 4.46. The fourth-order valence-electron chi connectivity index (χ4n) is 2.00. The molecule has 2 aromatic carbocycles. The minimum absolute atomic E-state index is 0.286. The van der Waals surface area contributed by atoms with Crippen LogP contribution in [-0.4, -0.2) is 16.2 Å². The third-order valence-electron chi connectivity index (χ3n) is 3.04. The van der Waals surface area contributed by atoms with Crippen LogP contribution in [0.4, 0.5) is 4.39 Å². The third kappa shape index (κ3) is 2.81. The van der Waals surface area contributed by atoms with Crippen molar-refractivity contribution in [1.29, 1.82) is 0 Å². The summed E-state index contributed by atoms with van der Waals surface area (Å²) in [6, 6.07) is 15.0. The maximum Gasteiger partial charge on any atom is 0.123 e. The van der Waals surface area contributed by atoms with E-state index in [-0.39, 0.29) is 5.82 Å². The molecule has 0 aliphatic carbocycles. The van der Waals surface area contributed by atoms with Gasteiger partial charge in [0.2, 0.25) is 0 Å². The summed E-state index contributed by atoms with van der Waals surface area (Å²) >= 11 is 0. The summed E-state index contributed by atoms with van der Waals surface area (Å²) in [6.07, 6.45) is 3.06. The van der Waals surface area contributed by atoms with Crippen molar-refractivity contribution >= 4 is 17.1 Å². The Hall–Kier alpha value is -2.95. The van der Waals surface area contributed by atoms with E-state index in [2.05, 4.69) is 10.2 Å². The van der Waals surface area contributed by atoms with Crippen molar-refractivity contribution < 1.29 is 9.60 Å². The van der Waals surface area contributed by atoms with E-state index in [9.17, 15) is 9.60 Å². The summed E-state index contributed by atoms with van der Waals surface area (Å²) in [5.41, 5.74) is 1.41.